The lowest BCUT2D eigenvalue weighted by Crippen LogP contribution is -2.51. The smallest absolute Gasteiger partial charge is 0.230 e. The number of hydrogen-bond donors (Lipinski definition) is 2. The van der Waals surface area contributed by atoms with Crippen molar-refractivity contribution < 1.29 is 9.90 Å². The van der Waals surface area contributed by atoms with Crippen molar-refractivity contribution in [1.29, 1.82) is 0 Å². The standard InChI is InChI=1S/C13H28N2O2/c1-5-11(6-2)15(8-9-16)12(17)13(4,7-3)10-14/h11,16H,5-10,14H2,1-4H3. The third kappa shape index (κ3) is 3.96. The van der Waals surface area contributed by atoms with Crippen LogP contribution in [0.5, 0.6) is 0 Å². The summed E-state index contributed by atoms with van der Waals surface area (Å²) in [5, 5.41) is 9.11. The molecule has 0 rings (SSSR count). The Kier molecular flexibility index (Phi) is 7.39. The normalized spacial score (nSPS) is 14.8. The number of amides is 1. The van der Waals surface area contributed by atoms with Crippen LogP contribution in [-0.4, -0.2) is 41.7 Å². The summed E-state index contributed by atoms with van der Waals surface area (Å²) >= 11 is 0. The Morgan fingerprint density at radius 2 is 1.88 bits per heavy atom. The number of nitrogens with zero attached hydrogens (tertiary/aromatic N) is 1. The molecular formula is C13H28N2O2. The molecule has 0 spiro atoms. The second-order valence-corrected chi connectivity index (χ2v) is 4.81. The summed E-state index contributed by atoms with van der Waals surface area (Å²) < 4.78 is 0. The van der Waals surface area contributed by atoms with Gasteiger partial charge in [-0.3, -0.25) is 4.79 Å². The van der Waals surface area contributed by atoms with Gasteiger partial charge < -0.3 is 15.7 Å². The topological polar surface area (TPSA) is 66.6 Å². The zero-order valence-corrected chi connectivity index (χ0v) is 11.7. The lowest BCUT2D eigenvalue weighted by Gasteiger charge is -2.37. The predicted octanol–water partition coefficient (Wildman–Crippen LogP) is 1.37. The fourth-order valence-electron chi connectivity index (χ4n) is 2.02. The van der Waals surface area contributed by atoms with Gasteiger partial charge in [-0.2, -0.15) is 0 Å². The van der Waals surface area contributed by atoms with Gasteiger partial charge in [-0.15, -0.1) is 0 Å². The van der Waals surface area contributed by atoms with Gasteiger partial charge in [-0.25, -0.2) is 0 Å². The summed E-state index contributed by atoms with van der Waals surface area (Å²) in [6.07, 6.45) is 2.55. The molecule has 0 aliphatic rings. The first-order valence-electron chi connectivity index (χ1n) is 6.62. The van der Waals surface area contributed by atoms with Gasteiger partial charge in [0.15, 0.2) is 0 Å². The minimum absolute atomic E-state index is 0.00655. The Labute approximate surface area is 105 Å². The first-order valence-corrected chi connectivity index (χ1v) is 6.62. The van der Waals surface area contributed by atoms with Gasteiger partial charge in [0.25, 0.3) is 0 Å². The van der Waals surface area contributed by atoms with Crippen LogP contribution in [0, 0.1) is 5.41 Å². The van der Waals surface area contributed by atoms with Crippen molar-refractivity contribution in [3.63, 3.8) is 0 Å². The molecule has 17 heavy (non-hydrogen) atoms. The molecule has 0 bridgehead atoms. The molecular weight excluding hydrogens is 216 g/mol. The monoisotopic (exact) mass is 244 g/mol. The number of aliphatic hydroxyl groups excluding tert-OH is 1. The summed E-state index contributed by atoms with van der Waals surface area (Å²) in [4.78, 5) is 14.3. The van der Waals surface area contributed by atoms with Gasteiger partial charge in [-0.1, -0.05) is 20.8 Å². The van der Waals surface area contributed by atoms with E-state index in [-0.39, 0.29) is 18.6 Å². The van der Waals surface area contributed by atoms with Crippen LogP contribution in [0.1, 0.15) is 47.0 Å². The van der Waals surface area contributed by atoms with Gasteiger partial charge in [0.1, 0.15) is 0 Å². The minimum atomic E-state index is -0.502. The average Bonchev–Trinajstić information content (AvgIpc) is 2.37. The molecule has 0 heterocycles. The zero-order chi connectivity index (χ0) is 13.5. The lowest BCUT2D eigenvalue weighted by molar-refractivity contribution is -0.144. The molecule has 1 atom stereocenters. The number of nitrogens with two attached hydrogens (primary N) is 1. The number of hydrogen-bond acceptors (Lipinski definition) is 3. The van der Waals surface area contributed by atoms with Gasteiger partial charge >= 0.3 is 0 Å². The molecule has 0 aliphatic carbocycles. The van der Waals surface area contributed by atoms with Crippen molar-refractivity contribution in [3.8, 4) is 0 Å². The molecule has 1 unspecified atom stereocenters. The largest absolute Gasteiger partial charge is 0.395 e. The van der Waals surface area contributed by atoms with E-state index in [1.807, 2.05) is 13.8 Å². The van der Waals surface area contributed by atoms with E-state index >= 15 is 0 Å². The molecule has 3 N–H and O–H groups in total. The Morgan fingerprint density at radius 1 is 1.35 bits per heavy atom. The van der Waals surface area contributed by atoms with E-state index in [4.69, 9.17) is 10.8 Å². The number of carbonyl (C=O) groups excluding carboxylic acids is 1. The van der Waals surface area contributed by atoms with Crippen LogP contribution in [-0.2, 0) is 4.79 Å². The highest BCUT2D eigenvalue weighted by Gasteiger charge is 2.35. The highest BCUT2D eigenvalue weighted by atomic mass is 16.3. The van der Waals surface area contributed by atoms with Crippen LogP contribution in [0.3, 0.4) is 0 Å². The van der Waals surface area contributed by atoms with E-state index in [2.05, 4.69) is 13.8 Å². The summed E-state index contributed by atoms with van der Waals surface area (Å²) in [7, 11) is 0. The van der Waals surface area contributed by atoms with Crippen molar-refractivity contribution in [2.45, 2.75) is 53.0 Å². The van der Waals surface area contributed by atoms with Crippen molar-refractivity contribution >= 4 is 5.91 Å². The van der Waals surface area contributed by atoms with Gasteiger partial charge in [0, 0.05) is 19.1 Å². The van der Waals surface area contributed by atoms with Crippen molar-refractivity contribution in [3.05, 3.63) is 0 Å². The second-order valence-electron chi connectivity index (χ2n) is 4.81. The summed E-state index contributed by atoms with van der Waals surface area (Å²) in [5.74, 6) is 0.0743. The van der Waals surface area contributed by atoms with Crippen LogP contribution < -0.4 is 5.73 Å². The van der Waals surface area contributed by atoms with E-state index in [0.717, 1.165) is 19.3 Å². The van der Waals surface area contributed by atoms with Crippen LogP contribution >= 0.6 is 0 Å². The molecule has 0 saturated carbocycles. The molecule has 0 aromatic heterocycles. The SMILES string of the molecule is CCC(CC)N(CCO)C(=O)C(C)(CC)CN. The van der Waals surface area contributed by atoms with Crippen molar-refractivity contribution in [2.24, 2.45) is 11.1 Å². The maximum absolute atomic E-state index is 12.5. The van der Waals surface area contributed by atoms with Gasteiger partial charge in [0.05, 0.1) is 12.0 Å². The van der Waals surface area contributed by atoms with Gasteiger partial charge in [-0.05, 0) is 26.2 Å². The molecule has 0 aliphatic heterocycles. The molecule has 0 aromatic rings. The first kappa shape index (κ1) is 16.4. The third-order valence-electron chi connectivity index (χ3n) is 3.73. The lowest BCUT2D eigenvalue weighted by atomic mass is 9.85. The van der Waals surface area contributed by atoms with Crippen molar-refractivity contribution in [2.75, 3.05) is 19.7 Å². The molecule has 0 aromatic carbocycles. The zero-order valence-electron chi connectivity index (χ0n) is 11.7. The highest BCUT2D eigenvalue weighted by molar-refractivity contribution is 5.82. The van der Waals surface area contributed by atoms with Gasteiger partial charge in [0.2, 0.25) is 5.91 Å². The summed E-state index contributed by atoms with van der Waals surface area (Å²) in [6, 6.07) is 0.201. The predicted molar refractivity (Wildman–Crippen MR) is 70.6 cm³/mol. The van der Waals surface area contributed by atoms with Crippen LogP contribution in [0.2, 0.25) is 0 Å². The molecule has 4 heteroatoms. The van der Waals surface area contributed by atoms with Crippen LogP contribution in [0.15, 0.2) is 0 Å². The molecule has 0 radical (unpaired) electrons. The second kappa shape index (κ2) is 7.67. The number of aliphatic hydroxyl groups is 1. The van der Waals surface area contributed by atoms with E-state index in [0.29, 0.717) is 13.1 Å². The van der Waals surface area contributed by atoms with Crippen LogP contribution in [0.4, 0.5) is 0 Å². The Morgan fingerprint density at radius 3 is 2.18 bits per heavy atom. The molecule has 102 valence electrons. The molecule has 1 amide bonds. The average molecular weight is 244 g/mol. The van der Waals surface area contributed by atoms with E-state index < -0.39 is 5.41 Å². The number of carbonyl (C=O) groups is 1. The summed E-state index contributed by atoms with van der Waals surface area (Å²) in [5.41, 5.74) is 5.22. The third-order valence-corrected chi connectivity index (χ3v) is 3.73. The molecule has 4 nitrogen and oxygen atoms in total. The Balaban J connectivity index is 4.98. The van der Waals surface area contributed by atoms with E-state index in [1.54, 1.807) is 4.90 Å². The summed E-state index contributed by atoms with van der Waals surface area (Å²) in [6.45, 7) is 8.78. The fraction of sp³-hybridized carbons (Fsp3) is 0.923. The van der Waals surface area contributed by atoms with Crippen molar-refractivity contribution in [1.82, 2.24) is 4.90 Å². The Hall–Kier alpha value is -0.610. The fourth-order valence-corrected chi connectivity index (χ4v) is 2.02. The quantitative estimate of drug-likeness (QED) is 0.677. The Bertz CT molecular complexity index is 223. The van der Waals surface area contributed by atoms with Crippen LogP contribution in [0.25, 0.3) is 0 Å². The molecule has 0 fully saturated rings. The van der Waals surface area contributed by atoms with E-state index in [1.165, 1.54) is 0 Å². The van der Waals surface area contributed by atoms with E-state index in [9.17, 15) is 4.79 Å². The highest BCUT2D eigenvalue weighted by Crippen LogP contribution is 2.25. The maximum atomic E-state index is 12.5. The number of rotatable bonds is 8. The maximum Gasteiger partial charge on any atom is 0.230 e. The minimum Gasteiger partial charge on any atom is -0.395 e. The molecule has 0 saturated heterocycles. The first-order chi connectivity index (χ1) is 8.00.